The Morgan fingerprint density at radius 1 is 1.12 bits per heavy atom. The molecule has 1 saturated heterocycles. The zero-order valence-corrected chi connectivity index (χ0v) is 9.00. The summed E-state index contributed by atoms with van der Waals surface area (Å²) in [6.45, 7) is 1.96. The molecule has 1 aliphatic rings. The number of carboxylic acid groups (broad SMARTS) is 2. The highest BCUT2D eigenvalue weighted by atomic mass is 16.5. The van der Waals surface area contributed by atoms with Gasteiger partial charge in [-0.1, -0.05) is 18.2 Å². The monoisotopic (exact) mass is 239 g/mol. The van der Waals surface area contributed by atoms with E-state index in [1.165, 1.54) is 0 Å². The number of carbonyl (C=O) groups is 2. The maximum Gasteiger partial charge on any atom is 0.414 e. The van der Waals surface area contributed by atoms with Crippen LogP contribution in [-0.4, -0.2) is 41.3 Å². The summed E-state index contributed by atoms with van der Waals surface area (Å²) in [4.78, 5) is 18.2. The van der Waals surface area contributed by atoms with Crippen LogP contribution in [0.2, 0.25) is 0 Å². The molecule has 0 aromatic heterocycles. The van der Waals surface area contributed by atoms with Crippen molar-refractivity contribution in [3.63, 3.8) is 0 Å². The summed E-state index contributed by atoms with van der Waals surface area (Å²) in [5.74, 6) is -2.68. The van der Waals surface area contributed by atoms with Gasteiger partial charge in [-0.3, -0.25) is 0 Å². The second-order valence-corrected chi connectivity index (χ2v) is 3.32. The van der Waals surface area contributed by atoms with Gasteiger partial charge in [0.25, 0.3) is 0 Å². The molecule has 1 aliphatic heterocycles. The Morgan fingerprint density at radius 3 is 2.00 bits per heavy atom. The molecule has 3 N–H and O–H groups in total. The highest BCUT2D eigenvalue weighted by molar-refractivity contribution is 6.27. The van der Waals surface area contributed by atoms with E-state index < -0.39 is 11.9 Å². The maximum absolute atomic E-state index is 9.10. The lowest BCUT2D eigenvalue weighted by Crippen LogP contribution is -2.50. The Labute approximate surface area is 97.8 Å². The van der Waals surface area contributed by atoms with Crippen LogP contribution in [0.1, 0.15) is 0 Å². The number of hydrogen-bond donors (Lipinski definition) is 3. The van der Waals surface area contributed by atoms with E-state index in [0.717, 1.165) is 18.8 Å². The van der Waals surface area contributed by atoms with Crippen LogP contribution < -0.4 is 10.1 Å². The Kier molecular flexibility index (Phi) is 4.96. The van der Waals surface area contributed by atoms with Crippen LogP contribution in [0.5, 0.6) is 5.75 Å². The van der Waals surface area contributed by atoms with Crippen LogP contribution in [0.25, 0.3) is 0 Å². The zero-order chi connectivity index (χ0) is 12.7. The molecule has 1 fully saturated rings. The molecule has 1 heterocycles. The average Bonchev–Trinajstić information content (AvgIpc) is 2.26. The van der Waals surface area contributed by atoms with Gasteiger partial charge in [0.1, 0.15) is 11.9 Å². The van der Waals surface area contributed by atoms with E-state index in [0.29, 0.717) is 6.10 Å². The van der Waals surface area contributed by atoms with Gasteiger partial charge >= 0.3 is 11.9 Å². The van der Waals surface area contributed by atoms with Crippen molar-refractivity contribution >= 4 is 11.9 Å². The third kappa shape index (κ3) is 4.98. The summed E-state index contributed by atoms with van der Waals surface area (Å²) in [6.07, 6.45) is 0.386. The minimum Gasteiger partial charge on any atom is -0.488 e. The van der Waals surface area contributed by atoms with Crippen molar-refractivity contribution in [3.8, 4) is 5.75 Å². The van der Waals surface area contributed by atoms with Gasteiger partial charge in [0.15, 0.2) is 0 Å². The summed E-state index contributed by atoms with van der Waals surface area (Å²) in [7, 11) is 0. The molecule has 92 valence electrons. The fourth-order valence-electron chi connectivity index (χ4n) is 1.04. The van der Waals surface area contributed by atoms with Crippen molar-refractivity contribution in [1.82, 2.24) is 5.32 Å². The van der Waals surface area contributed by atoms with Gasteiger partial charge in [0.2, 0.25) is 0 Å². The van der Waals surface area contributed by atoms with E-state index >= 15 is 0 Å². The minimum atomic E-state index is -1.82. The molecule has 0 aliphatic carbocycles. The first kappa shape index (κ1) is 13.0. The smallest absolute Gasteiger partial charge is 0.414 e. The minimum absolute atomic E-state index is 0.386. The highest BCUT2D eigenvalue weighted by Gasteiger charge is 2.17. The Morgan fingerprint density at radius 2 is 1.65 bits per heavy atom. The Hall–Kier alpha value is -2.08. The largest absolute Gasteiger partial charge is 0.488 e. The molecule has 1 aromatic carbocycles. The fourth-order valence-corrected chi connectivity index (χ4v) is 1.04. The molecule has 0 unspecified atom stereocenters. The summed E-state index contributed by atoms with van der Waals surface area (Å²) in [5.41, 5.74) is 0. The van der Waals surface area contributed by atoms with Gasteiger partial charge in [-0.2, -0.15) is 0 Å². The maximum atomic E-state index is 9.10. The number of para-hydroxylation sites is 1. The molecule has 0 bridgehead atoms. The third-order valence-electron chi connectivity index (χ3n) is 1.97. The summed E-state index contributed by atoms with van der Waals surface area (Å²) in [6, 6.07) is 9.94. The van der Waals surface area contributed by atoms with Crippen LogP contribution >= 0.6 is 0 Å². The zero-order valence-electron chi connectivity index (χ0n) is 9.00. The van der Waals surface area contributed by atoms with Crippen LogP contribution in [0.15, 0.2) is 30.3 Å². The molecule has 0 saturated carbocycles. The van der Waals surface area contributed by atoms with Crippen LogP contribution in [0, 0.1) is 0 Å². The predicted octanol–water partition coefficient (Wildman–Crippen LogP) is 0.193. The van der Waals surface area contributed by atoms with E-state index in [4.69, 9.17) is 24.5 Å². The number of benzene rings is 1. The SMILES string of the molecule is O=C(O)C(=O)O.c1ccc(OC2CNC2)cc1. The first-order valence-corrected chi connectivity index (χ1v) is 4.98. The van der Waals surface area contributed by atoms with Gasteiger partial charge < -0.3 is 20.3 Å². The number of carboxylic acids is 2. The van der Waals surface area contributed by atoms with Crippen molar-refractivity contribution < 1.29 is 24.5 Å². The molecule has 6 nitrogen and oxygen atoms in total. The number of aliphatic carboxylic acids is 2. The van der Waals surface area contributed by atoms with Crippen molar-refractivity contribution in [2.24, 2.45) is 0 Å². The number of nitrogens with one attached hydrogen (secondary N) is 1. The Bertz CT molecular complexity index is 363. The molecule has 2 rings (SSSR count). The summed E-state index contributed by atoms with van der Waals surface area (Å²) >= 11 is 0. The summed E-state index contributed by atoms with van der Waals surface area (Å²) < 4.78 is 5.59. The quantitative estimate of drug-likeness (QED) is 0.638. The van der Waals surface area contributed by atoms with Crippen LogP contribution in [-0.2, 0) is 9.59 Å². The summed E-state index contributed by atoms with van der Waals surface area (Å²) in [5, 5.41) is 17.9. The second-order valence-electron chi connectivity index (χ2n) is 3.32. The predicted molar refractivity (Wildman–Crippen MR) is 59.0 cm³/mol. The fraction of sp³-hybridized carbons (Fsp3) is 0.273. The molecule has 0 radical (unpaired) electrons. The van der Waals surface area contributed by atoms with E-state index in [1.54, 1.807) is 0 Å². The number of hydrogen-bond acceptors (Lipinski definition) is 4. The molecular weight excluding hydrogens is 226 g/mol. The molecule has 0 atom stereocenters. The molecule has 6 heteroatoms. The first-order valence-electron chi connectivity index (χ1n) is 4.98. The molecular formula is C11H13NO5. The van der Waals surface area contributed by atoms with E-state index in [2.05, 4.69) is 5.32 Å². The van der Waals surface area contributed by atoms with Crippen LogP contribution in [0.3, 0.4) is 0 Å². The van der Waals surface area contributed by atoms with E-state index in [-0.39, 0.29) is 0 Å². The van der Waals surface area contributed by atoms with Gasteiger partial charge in [-0.05, 0) is 12.1 Å². The van der Waals surface area contributed by atoms with Crippen molar-refractivity contribution in [2.45, 2.75) is 6.10 Å². The van der Waals surface area contributed by atoms with Crippen molar-refractivity contribution in [3.05, 3.63) is 30.3 Å². The van der Waals surface area contributed by atoms with Crippen molar-refractivity contribution in [2.75, 3.05) is 13.1 Å². The lowest BCUT2D eigenvalue weighted by Gasteiger charge is -2.27. The normalized spacial score (nSPS) is 13.9. The van der Waals surface area contributed by atoms with E-state index in [9.17, 15) is 0 Å². The van der Waals surface area contributed by atoms with Gasteiger partial charge in [-0.25, -0.2) is 9.59 Å². The molecule has 0 spiro atoms. The number of rotatable bonds is 2. The molecule has 1 aromatic rings. The standard InChI is InChI=1S/C9H11NO.C2H2O4/c1-2-4-8(5-3-1)11-9-6-10-7-9;3-1(4)2(5)6/h1-5,9-10H,6-7H2;(H,3,4)(H,5,6). The third-order valence-corrected chi connectivity index (χ3v) is 1.97. The lowest BCUT2D eigenvalue weighted by atomic mass is 10.2. The van der Waals surface area contributed by atoms with Gasteiger partial charge in [0, 0.05) is 13.1 Å². The Balaban J connectivity index is 0.000000209. The first-order chi connectivity index (χ1) is 8.09. The van der Waals surface area contributed by atoms with Gasteiger partial charge in [-0.15, -0.1) is 0 Å². The average molecular weight is 239 g/mol. The lowest BCUT2D eigenvalue weighted by molar-refractivity contribution is -0.159. The van der Waals surface area contributed by atoms with E-state index in [1.807, 2.05) is 30.3 Å². The van der Waals surface area contributed by atoms with Crippen molar-refractivity contribution in [1.29, 1.82) is 0 Å². The highest BCUT2D eigenvalue weighted by Crippen LogP contribution is 2.12. The number of ether oxygens (including phenoxy) is 1. The second kappa shape index (κ2) is 6.49. The van der Waals surface area contributed by atoms with Gasteiger partial charge in [0.05, 0.1) is 0 Å². The molecule has 0 amide bonds. The topological polar surface area (TPSA) is 95.9 Å². The van der Waals surface area contributed by atoms with Crippen LogP contribution in [0.4, 0.5) is 0 Å². The molecule has 17 heavy (non-hydrogen) atoms.